The first kappa shape index (κ1) is 21.4. The Hall–Kier alpha value is -2.90. The van der Waals surface area contributed by atoms with Gasteiger partial charge >= 0.3 is 6.09 Å². The second-order valence-electron chi connectivity index (χ2n) is 6.74. The zero-order valence-electron chi connectivity index (χ0n) is 16.6. The smallest absolute Gasteiger partial charge is 0.409 e. The number of ether oxygens (including phenoxy) is 1. The van der Waals surface area contributed by atoms with Gasteiger partial charge < -0.3 is 19.9 Å². The van der Waals surface area contributed by atoms with Gasteiger partial charge in [0.1, 0.15) is 6.54 Å². The number of rotatable bonds is 6. The molecule has 1 aliphatic heterocycles. The fraction of sp³-hybridized carbons (Fsp3) is 0.500. The van der Waals surface area contributed by atoms with E-state index in [0.717, 1.165) is 0 Å². The quantitative estimate of drug-likeness (QED) is 0.751. The molecular weight excluding hydrogens is 362 g/mol. The molecule has 0 bridgehead atoms. The molecule has 28 heavy (non-hydrogen) atoms. The van der Waals surface area contributed by atoms with E-state index in [2.05, 4.69) is 5.32 Å². The van der Waals surface area contributed by atoms with Gasteiger partial charge in [0.05, 0.1) is 6.61 Å². The monoisotopic (exact) mass is 389 g/mol. The molecule has 0 radical (unpaired) electrons. The van der Waals surface area contributed by atoms with Crippen molar-refractivity contribution in [1.29, 1.82) is 0 Å². The maximum Gasteiger partial charge on any atom is 0.409 e. The largest absolute Gasteiger partial charge is 0.450 e. The molecule has 8 heteroatoms. The lowest BCUT2D eigenvalue weighted by Crippen LogP contribution is -2.49. The number of anilines is 1. The van der Waals surface area contributed by atoms with Gasteiger partial charge in [-0.15, -0.1) is 0 Å². The van der Waals surface area contributed by atoms with E-state index in [1.54, 1.807) is 36.1 Å². The van der Waals surface area contributed by atoms with Crippen LogP contribution in [0.25, 0.3) is 0 Å². The number of piperidine rings is 1. The molecule has 1 saturated heterocycles. The van der Waals surface area contributed by atoms with Crippen LogP contribution in [0.2, 0.25) is 0 Å². The fourth-order valence-electron chi connectivity index (χ4n) is 3.12. The van der Waals surface area contributed by atoms with Gasteiger partial charge in [-0.25, -0.2) is 4.79 Å². The van der Waals surface area contributed by atoms with E-state index in [9.17, 15) is 19.2 Å². The molecule has 152 valence electrons. The van der Waals surface area contributed by atoms with E-state index in [4.69, 9.17) is 4.74 Å². The third kappa shape index (κ3) is 5.80. The summed E-state index contributed by atoms with van der Waals surface area (Å²) in [7, 11) is 0. The van der Waals surface area contributed by atoms with Gasteiger partial charge in [-0.3, -0.25) is 14.4 Å². The first-order valence-corrected chi connectivity index (χ1v) is 9.42. The van der Waals surface area contributed by atoms with Crippen LogP contribution in [0, 0.1) is 0 Å². The summed E-state index contributed by atoms with van der Waals surface area (Å²) >= 11 is 0. The van der Waals surface area contributed by atoms with E-state index in [1.807, 2.05) is 0 Å². The van der Waals surface area contributed by atoms with Crippen molar-refractivity contribution in [3.05, 3.63) is 29.8 Å². The lowest BCUT2D eigenvalue weighted by molar-refractivity contribution is -0.123. The topological polar surface area (TPSA) is 96.0 Å². The molecule has 1 aromatic rings. The van der Waals surface area contributed by atoms with Crippen molar-refractivity contribution >= 4 is 29.4 Å². The Morgan fingerprint density at radius 3 is 2.43 bits per heavy atom. The number of nitrogens with one attached hydrogen (secondary N) is 1. The molecule has 1 aliphatic rings. The van der Waals surface area contributed by atoms with Crippen LogP contribution in [0.15, 0.2) is 24.3 Å². The van der Waals surface area contributed by atoms with Crippen molar-refractivity contribution < 1.29 is 23.9 Å². The second-order valence-corrected chi connectivity index (χ2v) is 6.74. The normalized spacial score (nSPS) is 14.3. The highest BCUT2D eigenvalue weighted by atomic mass is 16.6. The summed E-state index contributed by atoms with van der Waals surface area (Å²) in [4.78, 5) is 50.8. The van der Waals surface area contributed by atoms with Crippen molar-refractivity contribution in [2.24, 2.45) is 0 Å². The number of benzene rings is 1. The van der Waals surface area contributed by atoms with E-state index in [0.29, 0.717) is 43.8 Å². The van der Waals surface area contributed by atoms with Crippen LogP contribution in [-0.4, -0.2) is 60.9 Å². The van der Waals surface area contributed by atoms with Gasteiger partial charge in [0, 0.05) is 37.3 Å². The maximum absolute atomic E-state index is 12.5. The summed E-state index contributed by atoms with van der Waals surface area (Å²) in [6.07, 6.45) is 0.926. The van der Waals surface area contributed by atoms with E-state index in [-0.39, 0.29) is 36.3 Å². The molecule has 0 atom stereocenters. The van der Waals surface area contributed by atoms with Crippen molar-refractivity contribution in [1.82, 2.24) is 10.2 Å². The Labute approximate surface area is 164 Å². The first-order chi connectivity index (χ1) is 13.3. The summed E-state index contributed by atoms with van der Waals surface area (Å²) in [5.41, 5.74) is 0.989. The molecule has 1 heterocycles. The zero-order chi connectivity index (χ0) is 20.7. The van der Waals surface area contributed by atoms with Gasteiger partial charge in [0.2, 0.25) is 11.8 Å². The highest BCUT2D eigenvalue weighted by molar-refractivity contribution is 6.00. The van der Waals surface area contributed by atoms with Crippen molar-refractivity contribution in [3.8, 4) is 0 Å². The Balaban J connectivity index is 1.93. The highest BCUT2D eigenvalue weighted by Crippen LogP contribution is 2.17. The van der Waals surface area contributed by atoms with Crippen LogP contribution in [0.3, 0.4) is 0 Å². The molecule has 3 amide bonds. The number of likely N-dealkylation sites (tertiary alicyclic amines) is 1. The second kappa shape index (κ2) is 9.87. The van der Waals surface area contributed by atoms with Gasteiger partial charge in [-0.2, -0.15) is 0 Å². The Morgan fingerprint density at radius 2 is 1.86 bits per heavy atom. The summed E-state index contributed by atoms with van der Waals surface area (Å²) in [6, 6.07) is 6.59. The average Bonchev–Trinajstić information content (AvgIpc) is 2.66. The predicted octanol–water partition coefficient (Wildman–Crippen LogP) is 1.98. The third-order valence-electron chi connectivity index (χ3n) is 4.63. The molecule has 0 aromatic heterocycles. The van der Waals surface area contributed by atoms with Gasteiger partial charge in [0.25, 0.3) is 0 Å². The van der Waals surface area contributed by atoms with Crippen LogP contribution in [0.1, 0.15) is 44.0 Å². The Morgan fingerprint density at radius 1 is 1.18 bits per heavy atom. The number of nitrogens with zero attached hydrogens (tertiary/aromatic N) is 2. The van der Waals surface area contributed by atoms with Gasteiger partial charge in [-0.1, -0.05) is 12.1 Å². The lowest BCUT2D eigenvalue weighted by Gasteiger charge is -2.32. The lowest BCUT2D eigenvalue weighted by atomic mass is 10.1. The fourth-order valence-corrected chi connectivity index (χ4v) is 3.12. The molecule has 2 rings (SSSR count). The zero-order valence-corrected chi connectivity index (χ0v) is 16.6. The minimum atomic E-state index is -0.333. The van der Waals surface area contributed by atoms with E-state index < -0.39 is 0 Å². The van der Waals surface area contributed by atoms with Crippen LogP contribution in [0.5, 0.6) is 0 Å². The van der Waals surface area contributed by atoms with Crippen LogP contribution >= 0.6 is 0 Å². The number of hydrogen-bond donors (Lipinski definition) is 1. The minimum Gasteiger partial charge on any atom is -0.450 e. The summed E-state index contributed by atoms with van der Waals surface area (Å²) < 4.78 is 4.98. The van der Waals surface area contributed by atoms with E-state index in [1.165, 1.54) is 18.7 Å². The number of ketones is 1. The van der Waals surface area contributed by atoms with Crippen LogP contribution in [-0.2, 0) is 14.3 Å². The van der Waals surface area contributed by atoms with Crippen molar-refractivity contribution in [2.75, 3.05) is 31.1 Å². The summed E-state index contributed by atoms with van der Waals surface area (Å²) in [5, 5.41) is 2.92. The third-order valence-corrected chi connectivity index (χ3v) is 4.63. The SMILES string of the molecule is CCOC(=O)N1CCC(NC(=O)CN(C(C)=O)c2cccc(C(C)=O)c2)CC1. The summed E-state index contributed by atoms with van der Waals surface area (Å²) in [5.74, 6) is -0.672. The van der Waals surface area contributed by atoms with Crippen molar-refractivity contribution in [2.45, 2.75) is 39.7 Å². The van der Waals surface area contributed by atoms with Gasteiger partial charge in [-0.05, 0) is 38.8 Å². The standard InChI is InChI=1S/C20H27N3O5/c1-4-28-20(27)22-10-8-17(9-11-22)21-19(26)13-23(15(3)25)18-7-5-6-16(12-18)14(2)24/h5-7,12,17H,4,8-11,13H2,1-3H3,(H,21,26). The number of hydrogen-bond acceptors (Lipinski definition) is 5. The number of carbonyl (C=O) groups is 4. The molecule has 0 unspecified atom stereocenters. The number of Topliss-reactive ketones (excluding diaryl/α,β-unsaturated/α-hetero) is 1. The van der Waals surface area contributed by atoms with Crippen LogP contribution < -0.4 is 10.2 Å². The highest BCUT2D eigenvalue weighted by Gasteiger charge is 2.25. The van der Waals surface area contributed by atoms with Crippen molar-refractivity contribution in [3.63, 3.8) is 0 Å². The number of amides is 3. The first-order valence-electron chi connectivity index (χ1n) is 9.42. The molecule has 0 saturated carbocycles. The molecular formula is C20H27N3O5. The van der Waals surface area contributed by atoms with Gasteiger partial charge in [0.15, 0.2) is 5.78 Å². The number of carbonyl (C=O) groups excluding carboxylic acids is 4. The molecule has 0 spiro atoms. The van der Waals surface area contributed by atoms with E-state index >= 15 is 0 Å². The Bertz CT molecular complexity index is 741. The molecule has 1 aromatic carbocycles. The Kier molecular flexibility index (Phi) is 7.54. The molecule has 0 aliphatic carbocycles. The van der Waals surface area contributed by atoms with Crippen LogP contribution in [0.4, 0.5) is 10.5 Å². The minimum absolute atomic E-state index is 0.0597. The predicted molar refractivity (Wildman–Crippen MR) is 104 cm³/mol. The average molecular weight is 389 g/mol. The molecule has 8 nitrogen and oxygen atoms in total. The summed E-state index contributed by atoms with van der Waals surface area (Å²) in [6.45, 7) is 5.83. The molecule has 1 N–H and O–H groups in total. The maximum atomic E-state index is 12.5. The molecule has 1 fully saturated rings.